The second-order valence-electron chi connectivity index (χ2n) is 7.09. The minimum absolute atomic E-state index is 0.175. The second-order valence-corrected chi connectivity index (χ2v) is 8.91. The summed E-state index contributed by atoms with van der Waals surface area (Å²) in [5, 5.41) is 0. The quantitative estimate of drug-likeness (QED) is 0.569. The number of sulfonamides is 1. The first-order valence-corrected chi connectivity index (χ1v) is 11.1. The van der Waals surface area contributed by atoms with E-state index in [9.17, 15) is 13.2 Å². The molecule has 2 aromatic rings. The first kappa shape index (κ1) is 20.4. The van der Waals surface area contributed by atoms with Crippen molar-refractivity contribution in [3.05, 3.63) is 54.1 Å². The lowest BCUT2D eigenvalue weighted by Crippen LogP contribution is -2.37. The first-order valence-electron chi connectivity index (χ1n) is 9.67. The zero-order valence-corrected chi connectivity index (χ0v) is 17.0. The fourth-order valence-electron chi connectivity index (χ4n) is 3.29. The van der Waals surface area contributed by atoms with Crippen molar-refractivity contribution in [2.45, 2.75) is 43.9 Å². The smallest absolute Gasteiger partial charge is 0.277 e. The van der Waals surface area contributed by atoms with Crippen LogP contribution < -0.4 is 15.2 Å². The van der Waals surface area contributed by atoms with Gasteiger partial charge in [0.1, 0.15) is 5.78 Å². The highest BCUT2D eigenvalue weighted by molar-refractivity contribution is 7.92. The highest BCUT2D eigenvalue weighted by Gasteiger charge is 2.23. The summed E-state index contributed by atoms with van der Waals surface area (Å²) in [6, 6.07) is 14.0. The van der Waals surface area contributed by atoms with Crippen LogP contribution in [0.5, 0.6) is 0 Å². The van der Waals surface area contributed by atoms with Crippen LogP contribution in [0.3, 0.4) is 0 Å². The monoisotopic (exact) mass is 401 g/mol. The van der Waals surface area contributed by atoms with Gasteiger partial charge in [-0.1, -0.05) is 25.5 Å². The number of nitrogens with two attached hydrogens (primary N) is 1. The fourth-order valence-corrected chi connectivity index (χ4v) is 4.39. The van der Waals surface area contributed by atoms with Crippen LogP contribution in [0.15, 0.2) is 53.4 Å². The molecule has 6 nitrogen and oxygen atoms in total. The van der Waals surface area contributed by atoms with E-state index in [0.717, 1.165) is 34.9 Å². The summed E-state index contributed by atoms with van der Waals surface area (Å²) in [6.45, 7) is 3.50. The summed E-state index contributed by atoms with van der Waals surface area (Å²) < 4.78 is 26.5. The molecule has 2 aromatic carbocycles. The third-order valence-electron chi connectivity index (χ3n) is 5.09. The molecule has 0 amide bonds. The van der Waals surface area contributed by atoms with Gasteiger partial charge in [0.15, 0.2) is 0 Å². The minimum atomic E-state index is -3.82. The SMILES string of the molecule is CCCCc1ccc(S(=O)(=O)N(N)c2ccc(N3CCC(=O)CC3)cc2)cc1. The van der Waals surface area contributed by atoms with Crippen LogP contribution in [0.4, 0.5) is 11.4 Å². The summed E-state index contributed by atoms with van der Waals surface area (Å²) in [7, 11) is -3.82. The molecule has 0 aromatic heterocycles. The third-order valence-corrected chi connectivity index (χ3v) is 6.69. The van der Waals surface area contributed by atoms with Gasteiger partial charge in [-0.15, -0.1) is 0 Å². The normalized spacial score (nSPS) is 14.9. The van der Waals surface area contributed by atoms with Crippen molar-refractivity contribution < 1.29 is 13.2 Å². The number of benzene rings is 2. The average Bonchev–Trinajstić information content (AvgIpc) is 2.72. The molecule has 3 rings (SSSR count). The first-order chi connectivity index (χ1) is 13.4. The van der Waals surface area contributed by atoms with Crippen LogP contribution in [-0.2, 0) is 21.2 Å². The minimum Gasteiger partial charge on any atom is -0.371 e. The summed E-state index contributed by atoms with van der Waals surface area (Å²) >= 11 is 0. The van der Waals surface area contributed by atoms with Gasteiger partial charge in [0.2, 0.25) is 0 Å². The number of aryl methyl sites for hydroxylation is 1. The van der Waals surface area contributed by atoms with Gasteiger partial charge >= 0.3 is 0 Å². The summed E-state index contributed by atoms with van der Waals surface area (Å²) in [4.78, 5) is 13.7. The summed E-state index contributed by atoms with van der Waals surface area (Å²) in [6.07, 6.45) is 4.21. The number of Topliss-reactive ketones (excluding diaryl/α,β-unsaturated/α-hetero) is 1. The van der Waals surface area contributed by atoms with Crippen molar-refractivity contribution >= 4 is 27.2 Å². The number of carbonyl (C=O) groups is 1. The standard InChI is InChI=1S/C21H27N3O3S/c1-2-3-4-17-5-11-21(12-6-17)28(26,27)24(22)19-9-7-18(8-10-19)23-15-13-20(25)14-16-23/h5-12H,2-4,13-16,22H2,1H3. The Morgan fingerprint density at radius 2 is 1.61 bits per heavy atom. The molecule has 0 spiro atoms. The van der Waals surface area contributed by atoms with Crippen LogP contribution in [0.2, 0.25) is 0 Å². The van der Waals surface area contributed by atoms with Crippen molar-refractivity contribution in [1.82, 2.24) is 0 Å². The average molecular weight is 402 g/mol. The Morgan fingerprint density at radius 3 is 2.18 bits per heavy atom. The van der Waals surface area contributed by atoms with E-state index < -0.39 is 10.0 Å². The number of nitrogens with zero attached hydrogens (tertiary/aromatic N) is 2. The lowest BCUT2D eigenvalue weighted by molar-refractivity contribution is -0.119. The molecule has 1 heterocycles. The molecule has 7 heteroatoms. The molecule has 1 aliphatic rings. The molecule has 0 bridgehead atoms. The number of anilines is 2. The van der Waals surface area contributed by atoms with E-state index in [0.29, 0.717) is 31.6 Å². The molecule has 1 aliphatic heterocycles. The van der Waals surface area contributed by atoms with Gasteiger partial charge in [0.05, 0.1) is 10.6 Å². The van der Waals surface area contributed by atoms with Crippen molar-refractivity contribution in [1.29, 1.82) is 0 Å². The molecule has 0 saturated carbocycles. The van der Waals surface area contributed by atoms with E-state index in [2.05, 4.69) is 11.8 Å². The Balaban J connectivity index is 1.73. The number of hydrogen-bond donors (Lipinski definition) is 1. The van der Waals surface area contributed by atoms with Crippen LogP contribution in [0.1, 0.15) is 38.2 Å². The van der Waals surface area contributed by atoms with Crippen LogP contribution in [0.25, 0.3) is 0 Å². The highest BCUT2D eigenvalue weighted by Crippen LogP contribution is 2.25. The van der Waals surface area contributed by atoms with E-state index >= 15 is 0 Å². The predicted molar refractivity (Wildman–Crippen MR) is 112 cm³/mol. The van der Waals surface area contributed by atoms with E-state index in [1.807, 2.05) is 24.3 Å². The van der Waals surface area contributed by atoms with Crippen molar-refractivity contribution in [3.63, 3.8) is 0 Å². The number of hydrogen-bond acceptors (Lipinski definition) is 5. The van der Waals surface area contributed by atoms with Gasteiger partial charge in [0, 0.05) is 31.6 Å². The Morgan fingerprint density at radius 1 is 1.00 bits per heavy atom. The maximum Gasteiger partial charge on any atom is 0.277 e. The molecule has 2 N–H and O–H groups in total. The highest BCUT2D eigenvalue weighted by atomic mass is 32.2. The van der Waals surface area contributed by atoms with E-state index in [4.69, 9.17) is 5.84 Å². The predicted octanol–water partition coefficient (Wildman–Crippen LogP) is 3.27. The van der Waals surface area contributed by atoms with Crippen LogP contribution in [-0.4, -0.2) is 27.3 Å². The molecule has 1 saturated heterocycles. The number of ketones is 1. The van der Waals surface area contributed by atoms with Crippen molar-refractivity contribution in [3.8, 4) is 0 Å². The number of unbranched alkanes of at least 4 members (excludes halogenated alkanes) is 1. The molecule has 28 heavy (non-hydrogen) atoms. The number of piperidine rings is 1. The Hall–Kier alpha value is -2.38. The molecule has 150 valence electrons. The van der Waals surface area contributed by atoms with Gasteiger partial charge in [0.25, 0.3) is 10.0 Å². The molecular weight excluding hydrogens is 374 g/mol. The summed E-state index contributed by atoms with van der Waals surface area (Å²) in [5.41, 5.74) is 2.47. The van der Waals surface area contributed by atoms with Crippen molar-refractivity contribution in [2.24, 2.45) is 5.84 Å². The van der Waals surface area contributed by atoms with E-state index in [-0.39, 0.29) is 10.7 Å². The largest absolute Gasteiger partial charge is 0.371 e. The zero-order valence-electron chi connectivity index (χ0n) is 16.2. The third kappa shape index (κ3) is 4.54. The Bertz CT molecular complexity index is 899. The lowest BCUT2D eigenvalue weighted by atomic mass is 10.1. The van der Waals surface area contributed by atoms with E-state index in [1.54, 1.807) is 24.3 Å². The molecule has 1 fully saturated rings. The van der Waals surface area contributed by atoms with Crippen LogP contribution in [0, 0.1) is 0 Å². The van der Waals surface area contributed by atoms with Gasteiger partial charge < -0.3 is 4.90 Å². The van der Waals surface area contributed by atoms with E-state index in [1.165, 1.54) is 0 Å². The molecule has 0 aliphatic carbocycles. The zero-order chi connectivity index (χ0) is 20.1. The van der Waals surface area contributed by atoms with Crippen molar-refractivity contribution in [2.75, 3.05) is 22.4 Å². The topological polar surface area (TPSA) is 83.7 Å². The number of carbonyl (C=O) groups excluding carboxylic acids is 1. The Labute approximate surface area is 167 Å². The van der Waals surface area contributed by atoms with Gasteiger partial charge in [-0.25, -0.2) is 10.3 Å². The van der Waals surface area contributed by atoms with Gasteiger partial charge in [-0.3, -0.25) is 4.79 Å². The van der Waals surface area contributed by atoms with Gasteiger partial charge in [-0.2, -0.15) is 8.42 Å². The molecular formula is C21H27N3O3S. The summed E-state index contributed by atoms with van der Waals surface area (Å²) in [5.74, 6) is 6.24. The number of hydrazine groups is 1. The Kier molecular flexibility index (Phi) is 6.36. The molecule has 0 radical (unpaired) electrons. The van der Waals surface area contributed by atoms with Crippen LogP contribution >= 0.6 is 0 Å². The fraction of sp³-hybridized carbons (Fsp3) is 0.381. The van der Waals surface area contributed by atoms with Gasteiger partial charge in [-0.05, 0) is 54.8 Å². The number of rotatable bonds is 7. The molecule has 0 unspecified atom stereocenters. The second kappa shape index (κ2) is 8.75. The maximum absolute atomic E-state index is 12.8. The maximum atomic E-state index is 12.8. The molecule has 0 atom stereocenters. The lowest BCUT2D eigenvalue weighted by Gasteiger charge is -2.28.